The van der Waals surface area contributed by atoms with Crippen molar-refractivity contribution in [3.05, 3.63) is 46.3 Å². The van der Waals surface area contributed by atoms with Crippen molar-refractivity contribution in [2.45, 2.75) is 19.1 Å². The standard InChI is InChI=1S/C16H17NO5/c1-2-21-15-9-17(8-12(15)19)16(20)14-7-11(18)10-5-3-4-6-13(10)22-14/h3-7,12,15,19H,2,8-9H2,1H3/t12-,15-/m0/s1. The van der Waals surface area contributed by atoms with Gasteiger partial charge in [-0.25, -0.2) is 0 Å². The molecule has 1 aromatic carbocycles. The minimum Gasteiger partial charge on any atom is -0.451 e. The second kappa shape index (κ2) is 5.90. The van der Waals surface area contributed by atoms with Crippen LogP contribution in [-0.2, 0) is 4.74 Å². The van der Waals surface area contributed by atoms with Crippen LogP contribution in [0.1, 0.15) is 17.5 Å². The van der Waals surface area contributed by atoms with Gasteiger partial charge in [0.05, 0.1) is 18.0 Å². The third-order valence-corrected chi connectivity index (χ3v) is 3.75. The topological polar surface area (TPSA) is 80.0 Å². The summed E-state index contributed by atoms with van der Waals surface area (Å²) in [6, 6.07) is 7.98. The van der Waals surface area contributed by atoms with Crippen LogP contribution in [0, 0.1) is 0 Å². The number of benzene rings is 1. The molecule has 0 aliphatic carbocycles. The fourth-order valence-electron chi connectivity index (χ4n) is 2.67. The number of β-amino-alcohol motifs (C(OH)–C–C–N with tert-alkyl or cyclic N) is 1. The van der Waals surface area contributed by atoms with Crippen LogP contribution < -0.4 is 5.43 Å². The summed E-state index contributed by atoms with van der Waals surface area (Å²) >= 11 is 0. The van der Waals surface area contributed by atoms with Gasteiger partial charge >= 0.3 is 0 Å². The van der Waals surface area contributed by atoms with Gasteiger partial charge in [0.15, 0.2) is 11.2 Å². The minimum atomic E-state index is -0.726. The normalized spacial score (nSPS) is 21.5. The number of rotatable bonds is 3. The number of nitrogens with zero attached hydrogens (tertiary/aromatic N) is 1. The van der Waals surface area contributed by atoms with E-state index in [1.165, 1.54) is 11.0 Å². The Hall–Kier alpha value is -2.18. The number of carbonyl (C=O) groups is 1. The van der Waals surface area contributed by atoms with E-state index < -0.39 is 18.1 Å². The predicted molar refractivity (Wildman–Crippen MR) is 79.8 cm³/mol. The molecule has 6 nitrogen and oxygen atoms in total. The lowest BCUT2D eigenvalue weighted by atomic mass is 10.2. The Morgan fingerprint density at radius 1 is 1.41 bits per heavy atom. The lowest BCUT2D eigenvalue weighted by Gasteiger charge is -2.15. The van der Waals surface area contributed by atoms with Gasteiger partial charge < -0.3 is 19.2 Å². The van der Waals surface area contributed by atoms with Crippen LogP contribution in [0.3, 0.4) is 0 Å². The molecule has 1 saturated heterocycles. The van der Waals surface area contributed by atoms with Crippen molar-refractivity contribution in [2.24, 2.45) is 0 Å². The maximum absolute atomic E-state index is 12.5. The number of hydrogen-bond donors (Lipinski definition) is 1. The molecule has 1 amide bonds. The van der Waals surface area contributed by atoms with E-state index in [-0.39, 0.29) is 24.3 Å². The van der Waals surface area contributed by atoms with Crippen LogP contribution in [-0.4, -0.2) is 47.8 Å². The van der Waals surface area contributed by atoms with Crippen molar-refractivity contribution >= 4 is 16.9 Å². The largest absolute Gasteiger partial charge is 0.451 e. The molecule has 0 spiro atoms. The Morgan fingerprint density at radius 3 is 2.95 bits per heavy atom. The van der Waals surface area contributed by atoms with Crippen molar-refractivity contribution in [1.29, 1.82) is 0 Å². The van der Waals surface area contributed by atoms with E-state index in [0.29, 0.717) is 17.6 Å². The Bertz CT molecular complexity index is 754. The molecule has 22 heavy (non-hydrogen) atoms. The van der Waals surface area contributed by atoms with Crippen LogP contribution in [0.25, 0.3) is 11.0 Å². The Morgan fingerprint density at radius 2 is 2.18 bits per heavy atom. The highest BCUT2D eigenvalue weighted by Crippen LogP contribution is 2.18. The molecule has 116 valence electrons. The van der Waals surface area contributed by atoms with Crippen molar-refractivity contribution in [3.8, 4) is 0 Å². The lowest BCUT2D eigenvalue weighted by molar-refractivity contribution is -0.00238. The smallest absolute Gasteiger partial charge is 0.289 e. The first-order chi connectivity index (χ1) is 10.6. The molecule has 6 heteroatoms. The highest BCUT2D eigenvalue weighted by atomic mass is 16.5. The van der Waals surface area contributed by atoms with Crippen LogP contribution >= 0.6 is 0 Å². The molecule has 1 aliphatic rings. The van der Waals surface area contributed by atoms with Crippen LogP contribution in [0.15, 0.2) is 39.5 Å². The zero-order valence-corrected chi connectivity index (χ0v) is 12.2. The molecule has 1 aromatic heterocycles. The van der Waals surface area contributed by atoms with E-state index in [1.54, 1.807) is 24.3 Å². The number of likely N-dealkylation sites (tertiary alicyclic amines) is 1. The molecule has 0 bridgehead atoms. The first-order valence-electron chi connectivity index (χ1n) is 7.22. The number of ether oxygens (including phenoxy) is 1. The van der Waals surface area contributed by atoms with Gasteiger partial charge in [-0.3, -0.25) is 9.59 Å². The van der Waals surface area contributed by atoms with E-state index in [2.05, 4.69) is 0 Å². The monoisotopic (exact) mass is 303 g/mol. The molecular formula is C16H17NO5. The van der Waals surface area contributed by atoms with E-state index >= 15 is 0 Å². The van der Waals surface area contributed by atoms with Crippen LogP contribution in [0.5, 0.6) is 0 Å². The van der Waals surface area contributed by atoms with Gasteiger partial charge in [0.2, 0.25) is 0 Å². The Kier molecular flexibility index (Phi) is 3.96. The summed E-state index contributed by atoms with van der Waals surface area (Å²) in [6.07, 6.45) is -1.13. The van der Waals surface area contributed by atoms with Crippen molar-refractivity contribution in [1.82, 2.24) is 4.90 Å². The van der Waals surface area contributed by atoms with Crippen molar-refractivity contribution in [3.63, 3.8) is 0 Å². The molecule has 3 rings (SSSR count). The van der Waals surface area contributed by atoms with E-state index in [9.17, 15) is 14.7 Å². The number of aliphatic hydroxyl groups is 1. The Labute approximate surface area is 126 Å². The fraction of sp³-hybridized carbons (Fsp3) is 0.375. The van der Waals surface area contributed by atoms with Gasteiger partial charge in [-0.15, -0.1) is 0 Å². The lowest BCUT2D eigenvalue weighted by Crippen LogP contribution is -2.30. The predicted octanol–water partition coefficient (Wildman–Crippen LogP) is 1.01. The zero-order chi connectivity index (χ0) is 15.7. The summed E-state index contributed by atoms with van der Waals surface area (Å²) in [5.41, 5.74) is 0.116. The average Bonchev–Trinajstić information content (AvgIpc) is 2.88. The summed E-state index contributed by atoms with van der Waals surface area (Å²) in [5.74, 6) is -0.433. The Balaban J connectivity index is 1.88. The van der Waals surface area contributed by atoms with Gasteiger partial charge in [0, 0.05) is 19.2 Å². The maximum atomic E-state index is 12.5. The summed E-state index contributed by atoms with van der Waals surface area (Å²) in [5, 5.41) is 10.3. The van der Waals surface area contributed by atoms with Gasteiger partial charge in [0.25, 0.3) is 5.91 Å². The van der Waals surface area contributed by atoms with E-state index in [0.717, 1.165) is 0 Å². The molecule has 2 atom stereocenters. The first-order valence-corrected chi connectivity index (χ1v) is 7.22. The van der Waals surface area contributed by atoms with E-state index in [4.69, 9.17) is 9.15 Å². The molecule has 1 aliphatic heterocycles. The van der Waals surface area contributed by atoms with Crippen LogP contribution in [0.2, 0.25) is 0 Å². The molecule has 1 N–H and O–H groups in total. The summed E-state index contributed by atoms with van der Waals surface area (Å²) in [7, 11) is 0. The SMILES string of the molecule is CCO[C@H]1CN(C(=O)c2cc(=O)c3ccccc3o2)C[C@@H]1O. The zero-order valence-electron chi connectivity index (χ0n) is 12.2. The van der Waals surface area contributed by atoms with Crippen LogP contribution in [0.4, 0.5) is 0 Å². The number of aliphatic hydroxyl groups excluding tert-OH is 1. The van der Waals surface area contributed by atoms with Gasteiger partial charge in [-0.2, -0.15) is 0 Å². The number of amides is 1. The molecule has 2 heterocycles. The number of carbonyl (C=O) groups excluding carboxylic acids is 1. The molecule has 0 saturated carbocycles. The molecule has 1 fully saturated rings. The quantitative estimate of drug-likeness (QED) is 0.915. The van der Waals surface area contributed by atoms with Gasteiger partial charge in [0.1, 0.15) is 11.7 Å². The average molecular weight is 303 g/mol. The number of para-hydroxylation sites is 1. The van der Waals surface area contributed by atoms with Crippen molar-refractivity contribution < 1.29 is 19.1 Å². The molecule has 2 aromatic rings. The number of fused-ring (bicyclic) bond motifs is 1. The highest BCUT2D eigenvalue weighted by Gasteiger charge is 2.35. The van der Waals surface area contributed by atoms with Crippen molar-refractivity contribution in [2.75, 3.05) is 19.7 Å². The first kappa shape index (κ1) is 14.7. The number of hydrogen-bond acceptors (Lipinski definition) is 5. The van der Waals surface area contributed by atoms with Gasteiger partial charge in [-0.05, 0) is 19.1 Å². The summed E-state index contributed by atoms with van der Waals surface area (Å²) in [4.78, 5) is 26.0. The third kappa shape index (κ3) is 2.63. The van der Waals surface area contributed by atoms with Gasteiger partial charge in [-0.1, -0.05) is 12.1 Å². The maximum Gasteiger partial charge on any atom is 0.289 e. The molecule has 0 radical (unpaired) electrons. The second-order valence-corrected chi connectivity index (χ2v) is 5.24. The van der Waals surface area contributed by atoms with E-state index in [1.807, 2.05) is 6.92 Å². The highest BCUT2D eigenvalue weighted by molar-refractivity contribution is 5.93. The fourth-order valence-corrected chi connectivity index (χ4v) is 2.67. The minimum absolute atomic E-state index is 0.0203. The molecular weight excluding hydrogens is 286 g/mol. The summed E-state index contributed by atoms with van der Waals surface area (Å²) in [6.45, 7) is 2.75. The second-order valence-electron chi connectivity index (χ2n) is 5.24. The molecule has 0 unspecified atom stereocenters. The third-order valence-electron chi connectivity index (χ3n) is 3.75. The summed E-state index contributed by atoms with van der Waals surface area (Å²) < 4.78 is 10.9.